The van der Waals surface area contributed by atoms with E-state index < -0.39 is 0 Å². The molecular weight excluding hydrogens is 382 g/mol. The summed E-state index contributed by atoms with van der Waals surface area (Å²) in [6.07, 6.45) is 3.43. The number of aromatic nitrogens is 2. The Morgan fingerprint density at radius 1 is 1.16 bits per heavy atom. The van der Waals surface area contributed by atoms with Gasteiger partial charge in [-0.3, -0.25) is 9.48 Å². The van der Waals surface area contributed by atoms with Crippen LogP contribution in [-0.4, -0.2) is 20.8 Å². The molecule has 0 radical (unpaired) electrons. The fourth-order valence-corrected chi connectivity index (χ4v) is 2.75. The lowest BCUT2D eigenvalue weighted by atomic mass is 10.0. The number of phenols is 1. The lowest BCUT2D eigenvalue weighted by Crippen LogP contribution is -2.30. The second-order valence-electron chi connectivity index (χ2n) is 5.78. The van der Waals surface area contributed by atoms with Gasteiger partial charge in [0.1, 0.15) is 11.8 Å². The molecule has 1 aromatic heterocycles. The number of nitrogens with one attached hydrogen (secondary N) is 1. The van der Waals surface area contributed by atoms with Gasteiger partial charge in [-0.25, -0.2) is 0 Å². The topological polar surface area (TPSA) is 67.2 Å². The average molecular weight is 400 g/mol. The Labute approximate surface area is 154 Å². The van der Waals surface area contributed by atoms with Gasteiger partial charge < -0.3 is 10.4 Å². The van der Waals surface area contributed by atoms with Gasteiger partial charge in [0.15, 0.2) is 0 Å². The minimum absolute atomic E-state index is 0.0850. The average Bonchev–Trinajstić information content (AvgIpc) is 3.06. The highest BCUT2D eigenvalue weighted by Crippen LogP contribution is 2.22. The van der Waals surface area contributed by atoms with Crippen LogP contribution in [-0.2, 0) is 11.3 Å². The third-order valence-electron chi connectivity index (χ3n) is 3.97. The molecule has 0 aliphatic rings. The lowest BCUT2D eigenvalue weighted by molar-refractivity contribution is -0.124. The van der Waals surface area contributed by atoms with Crippen LogP contribution in [0.25, 0.3) is 11.1 Å². The highest BCUT2D eigenvalue weighted by atomic mass is 79.9. The smallest absolute Gasteiger partial charge is 0.244 e. The molecule has 1 amide bonds. The maximum atomic E-state index is 12.2. The number of amides is 1. The van der Waals surface area contributed by atoms with Gasteiger partial charge in [0, 0.05) is 12.7 Å². The van der Waals surface area contributed by atoms with E-state index in [0.29, 0.717) is 6.54 Å². The number of hydrogen-bond acceptors (Lipinski definition) is 3. The molecule has 1 unspecified atom stereocenters. The van der Waals surface area contributed by atoms with Crippen molar-refractivity contribution in [2.75, 3.05) is 0 Å². The summed E-state index contributed by atoms with van der Waals surface area (Å²) >= 11 is 3.33. The molecule has 0 spiro atoms. The van der Waals surface area contributed by atoms with Gasteiger partial charge in [-0.1, -0.05) is 36.4 Å². The van der Waals surface area contributed by atoms with Gasteiger partial charge in [-0.15, -0.1) is 0 Å². The molecule has 128 valence electrons. The second-order valence-corrected chi connectivity index (χ2v) is 6.69. The van der Waals surface area contributed by atoms with Crippen LogP contribution in [0, 0.1) is 0 Å². The quantitative estimate of drug-likeness (QED) is 0.683. The maximum absolute atomic E-state index is 12.2. The molecule has 2 aromatic carbocycles. The fourth-order valence-electron chi connectivity index (χ4n) is 2.45. The van der Waals surface area contributed by atoms with Crippen molar-refractivity contribution >= 4 is 21.8 Å². The lowest BCUT2D eigenvalue weighted by Gasteiger charge is -2.13. The van der Waals surface area contributed by atoms with E-state index >= 15 is 0 Å². The Bertz CT molecular complexity index is 857. The zero-order chi connectivity index (χ0) is 17.8. The Morgan fingerprint density at radius 3 is 2.32 bits per heavy atom. The summed E-state index contributed by atoms with van der Waals surface area (Å²) in [5, 5.41) is 16.4. The summed E-state index contributed by atoms with van der Waals surface area (Å²) in [7, 11) is 0. The van der Waals surface area contributed by atoms with Crippen molar-refractivity contribution in [2.24, 2.45) is 0 Å². The summed E-state index contributed by atoms with van der Waals surface area (Å²) in [5.41, 5.74) is 3.11. The van der Waals surface area contributed by atoms with E-state index in [1.807, 2.05) is 43.3 Å². The SMILES string of the molecule is CC(C(=O)NCc1ccc(-c2ccc(O)cc2)cc1)n1cc(Br)cn1. The van der Waals surface area contributed by atoms with Crippen molar-refractivity contribution in [1.29, 1.82) is 0 Å². The standard InChI is InChI=1S/C19H18BrN3O2/c1-13(23-12-17(20)11-22-23)19(25)21-10-14-2-4-15(5-3-14)16-6-8-18(24)9-7-16/h2-9,11-13,24H,10H2,1H3,(H,21,25). The van der Waals surface area contributed by atoms with Crippen molar-refractivity contribution < 1.29 is 9.90 Å². The number of hydrogen-bond donors (Lipinski definition) is 2. The van der Waals surface area contributed by atoms with Crippen molar-refractivity contribution in [1.82, 2.24) is 15.1 Å². The molecule has 3 aromatic rings. The van der Waals surface area contributed by atoms with Gasteiger partial charge in [0.05, 0.1) is 10.7 Å². The second kappa shape index (κ2) is 7.53. The zero-order valence-corrected chi connectivity index (χ0v) is 15.3. The first-order chi connectivity index (χ1) is 12.0. The molecule has 0 aliphatic carbocycles. The van der Waals surface area contributed by atoms with Crippen LogP contribution in [0.1, 0.15) is 18.5 Å². The molecule has 5 nitrogen and oxygen atoms in total. The Morgan fingerprint density at radius 2 is 1.76 bits per heavy atom. The third kappa shape index (κ3) is 4.28. The van der Waals surface area contributed by atoms with Crippen LogP contribution in [0.2, 0.25) is 0 Å². The molecule has 0 bridgehead atoms. The van der Waals surface area contributed by atoms with Gasteiger partial charge in [-0.2, -0.15) is 5.10 Å². The minimum Gasteiger partial charge on any atom is -0.508 e. The summed E-state index contributed by atoms with van der Waals surface area (Å²) in [4.78, 5) is 12.2. The first-order valence-electron chi connectivity index (χ1n) is 7.88. The highest BCUT2D eigenvalue weighted by Gasteiger charge is 2.15. The summed E-state index contributed by atoms with van der Waals surface area (Å²) < 4.78 is 2.46. The van der Waals surface area contributed by atoms with E-state index in [4.69, 9.17) is 0 Å². The Kier molecular flexibility index (Phi) is 5.19. The van der Waals surface area contributed by atoms with E-state index in [1.54, 1.807) is 29.2 Å². The van der Waals surface area contributed by atoms with Gasteiger partial charge in [0.25, 0.3) is 0 Å². The molecule has 0 saturated carbocycles. The van der Waals surface area contributed by atoms with Crippen molar-refractivity contribution in [3.05, 3.63) is 71.0 Å². The number of halogens is 1. The van der Waals surface area contributed by atoms with Crippen LogP contribution in [0.3, 0.4) is 0 Å². The molecule has 6 heteroatoms. The highest BCUT2D eigenvalue weighted by molar-refractivity contribution is 9.10. The van der Waals surface area contributed by atoms with E-state index in [-0.39, 0.29) is 17.7 Å². The number of carbonyl (C=O) groups is 1. The van der Waals surface area contributed by atoms with Gasteiger partial charge in [0.2, 0.25) is 5.91 Å². The fraction of sp³-hybridized carbons (Fsp3) is 0.158. The number of rotatable bonds is 5. The van der Waals surface area contributed by atoms with Gasteiger partial charge in [-0.05, 0) is 51.7 Å². The molecule has 1 heterocycles. The molecule has 3 rings (SSSR count). The Balaban J connectivity index is 1.60. The monoisotopic (exact) mass is 399 g/mol. The van der Waals surface area contributed by atoms with Crippen LogP contribution in [0.15, 0.2) is 65.4 Å². The molecule has 0 fully saturated rings. The predicted octanol–water partition coefficient (Wildman–Crippen LogP) is 3.90. The third-order valence-corrected chi connectivity index (χ3v) is 4.38. The number of phenolic OH excluding ortho intramolecular Hbond substituents is 1. The molecule has 0 aliphatic heterocycles. The number of nitrogens with zero attached hydrogens (tertiary/aromatic N) is 2. The Hall–Kier alpha value is -2.60. The number of carbonyl (C=O) groups excluding carboxylic acids is 1. The van der Waals surface area contributed by atoms with Crippen molar-refractivity contribution in [3.63, 3.8) is 0 Å². The first kappa shape index (κ1) is 17.2. The normalized spacial score (nSPS) is 11.9. The van der Waals surface area contributed by atoms with E-state index in [2.05, 4.69) is 26.3 Å². The van der Waals surface area contributed by atoms with Crippen molar-refractivity contribution in [3.8, 4) is 16.9 Å². The van der Waals surface area contributed by atoms with Crippen molar-refractivity contribution in [2.45, 2.75) is 19.5 Å². The summed E-state index contributed by atoms with van der Waals surface area (Å²) in [6.45, 7) is 2.27. The molecule has 2 N–H and O–H groups in total. The van der Waals surface area contributed by atoms with Crippen LogP contribution in [0.4, 0.5) is 0 Å². The van der Waals surface area contributed by atoms with E-state index in [0.717, 1.165) is 21.2 Å². The summed E-state index contributed by atoms with van der Waals surface area (Å²) in [6, 6.07) is 14.7. The summed E-state index contributed by atoms with van der Waals surface area (Å²) in [5.74, 6) is 0.166. The van der Waals surface area contributed by atoms with E-state index in [1.165, 1.54) is 0 Å². The molecule has 1 atom stereocenters. The van der Waals surface area contributed by atoms with Crippen LogP contribution in [0.5, 0.6) is 5.75 Å². The maximum Gasteiger partial charge on any atom is 0.244 e. The minimum atomic E-state index is -0.373. The molecular formula is C19H18BrN3O2. The van der Waals surface area contributed by atoms with Crippen LogP contribution < -0.4 is 5.32 Å². The van der Waals surface area contributed by atoms with E-state index in [9.17, 15) is 9.90 Å². The number of aromatic hydroxyl groups is 1. The van der Waals surface area contributed by atoms with Gasteiger partial charge >= 0.3 is 0 Å². The first-order valence-corrected chi connectivity index (χ1v) is 8.68. The predicted molar refractivity (Wildman–Crippen MR) is 100 cm³/mol. The number of benzene rings is 2. The largest absolute Gasteiger partial charge is 0.508 e. The zero-order valence-electron chi connectivity index (χ0n) is 13.7. The molecule has 0 saturated heterocycles. The molecule has 25 heavy (non-hydrogen) atoms. The van der Waals surface area contributed by atoms with Crippen LogP contribution >= 0.6 is 15.9 Å².